The van der Waals surface area contributed by atoms with Crippen molar-refractivity contribution in [3.05, 3.63) is 30.1 Å². The maximum atomic E-state index is 5.83. The van der Waals surface area contributed by atoms with E-state index in [4.69, 9.17) is 4.74 Å². The largest absolute Gasteiger partial charge is 0.354 e. The number of nitrogens with zero attached hydrogens (tertiary/aromatic N) is 1. The average molecular weight is 206 g/mol. The molecule has 2 atom stereocenters. The Morgan fingerprint density at radius 2 is 2.27 bits per heavy atom. The Morgan fingerprint density at radius 1 is 1.47 bits per heavy atom. The molecule has 1 aromatic rings. The van der Waals surface area contributed by atoms with Gasteiger partial charge in [-0.3, -0.25) is 10.3 Å². The molecular formula is C12H18N2O. The molecule has 0 aliphatic carbocycles. The summed E-state index contributed by atoms with van der Waals surface area (Å²) in [5.41, 5.74) is 1.07. The Kier molecular flexibility index (Phi) is 2.76. The number of rotatable bonds is 1. The first-order valence-electron chi connectivity index (χ1n) is 5.41. The molecule has 2 rings (SSSR count). The first-order valence-corrected chi connectivity index (χ1v) is 5.41. The summed E-state index contributed by atoms with van der Waals surface area (Å²) in [4.78, 5) is 4.31. The molecule has 1 N–H and O–H groups in total. The molecule has 0 bridgehead atoms. The van der Waals surface area contributed by atoms with E-state index in [1.54, 1.807) is 6.20 Å². The molecule has 1 aliphatic rings. The third kappa shape index (κ3) is 2.55. The van der Waals surface area contributed by atoms with E-state index in [0.29, 0.717) is 0 Å². The van der Waals surface area contributed by atoms with E-state index in [1.165, 1.54) is 0 Å². The van der Waals surface area contributed by atoms with Crippen molar-refractivity contribution >= 4 is 0 Å². The Balaban J connectivity index is 2.17. The van der Waals surface area contributed by atoms with E-state index in [2.05, 4.69) is 31.1 Å². The minimum atomic E-state index is -0.0788. The molecule has 0 spiro atoms. The summed E-state index contributed by atoms with van der Waals surface area (Å²) in [6.07, 6.45) is 3.02. The highest BCUT2D eigenvalue weighted by atomic mass is 16.5. The van der Waals surface area contributed by atoms with Gasteiger partial charge in [0.2, 0.25) is 0 Å². The number of ether oxygens (including phenoxy) is 1. The fraction of sp³-hybridized carbons (Fsp3) is 0.583. The first-order chi connectivity index (χ1) is 7.07. The summed E-state index contributed by atoms with van der Waals surface area (Å²) in [5.74, 6) is 0. The zero-order valence-electron chi connectivity index (χ0n) is 9.53. The number of aromatic nitrogens is 1. The van der Waals surface area contributed by atoms with Gasteiger partial charge in [-0.25, -0.2) is 0 Å². The molecular weight excluding hydrogens is 188 g/mol. The molecule has 2 heterocycles. The van der Waals surface area contributed by atoms with E-state index in [1.807, 2.05) is 18.2 Å². The van der Waals surface area contributed by atoms with Gasteiger partial charge in [0.05, 0.1) is 11.8 Å². The normalized spacial score (nSPS) is 30.1. The van der Waals surface area contributed by atoms with Crippen molar-refractivity contribution in [3.63, 3.8) is 0 Å². The van der Waals surface area contributed by atoms with Gasteiger partial charge in [0.15, 0.2) is 6.23 Å². The van der Waals surface area contributed by atoms with Gasteiger partial charge in [0, 0.05) is 11.7 Å². The van der Waals surface area contributed by atoms with Gasteiger partial charge in [-0.05, 0) is 39.3 Å². The second-order valence-electron chi connectivity index (χ2n) is 4.81. The van der Waals surface area contributed by atoms with Gasteiger partial charge in [-0.15, -0.1) is 0 Å². The zero-order chi connectivity index (χ0) is 10.9. The first kappa shape index (κ1) is 10.6. The monoisotopic (exact) mass is 206 g/mol. The molecule has 0 amide bonds. The molecule has 3 heteroatoms. The SMILES string of the molecule is CC1CC(C)(C)NC(c2ccccn2)O1. The van der Waals surface area contributed by atoms with Gasteiger partial charge >= 0.3 is 0 Å². The van der Waals surface area contributed by atoms with Crippen LogP contribution >= 0.6 is 0 Å². The van der Waals surface area contributed by atoms with Crippen LogP contribution in [0.1, 0.15) is 39.1 Å². The van der Waals surface area contributed by atoms with Crippen LogP contribution in [-0.2, 0) is 4.74 Å². The van der Waals surface area contributed by atoms with E-state index >= 15 is 0 Å². The molecule has 0 radical (unpaired) electrons. The van der Waals surface area contributed by atoms with Crippen LogP contribution in [0.2, 0.25) is 0 Å². The highest BCUT2D eigenvalue weighted by Gasteiger charge is 2.32. The number of hydrogen-bond donors (Lipinski definition) is 1. The highest BCUT2D eigenvalue weighted by Crippen LogP contribution is 2.28. The zero-order valence-corrected chi connectivity index (χ0v) is 9.53. The Bertz CT molecular complexity index is 324. The third-order valence-corrected chi connectivity index (χ3v) is 2.64. The Morgan fingerprint density at radius 3 is 2.87 bits per heavy atom. The average Bonchev–Trinajstić information content (AvgIpc) is 2.16. The van der Waals surface area contributed by atoms with Gasteiger partial charge in [0.25, 0.3) is 0 Å². The number of hydrogen-bond acceptors (Lipinski definition) is 3. The van der Waals surface area contributed by atoms with Crippen LogP contribution in [0.4, 0.5) is 0 Å². The molecule has 0 aromatic carbocycles. The molecule has 15 heavy (non-hydrogen) atoms. The van der Waals surface area contributed by atoms with Crippen LogP contribution in [0.5, 0.6) is 0 Å². The smallest absolute Gasteiger partial charge is 0.152 e. The summed E-state index contributed by atoms with van der Waals surface area (Å²) in [6, 6.07) is 5.90. The molecule has 1 aliphatic heterocycles. The molecule has 0 saturated carbocycles. The molecule has 1 fully saturated rings. The van der Waals surface area contributed by atoms with Crippen LogP contribution in [-0.4, -0.2) is 16.6 Å². The maximum Gasteiger partial charge on any atom is 0.152 e. The maximum absolute atomic E-state index is 5.83. The highest BCUT2D eigenvalue weighted by molar-refractivity contribution is 5.08. The Labute approximate surface area is 90.9 Å². The lowest BCUT2D eigenvalue weighted by atomic mass is 9.95. The van der Waals surface area contributed by atoms with E-state index < -0.39 is 0 Å². The fourth-order valence-electron chi connectivity index (χ4n) is 2.12. The summed E-state index contributed by atoms with van der Waals surface area (Å²) >= 11 is 0. The van der Waals surface area contributed by atoms with E-state index in [0.717, 1.165) is 12.1 Å². The van der Waals surface area contributed by atoms with Crippen LogP contribution in [0.25, 0.3) is 0 Å². The number of nitrogens with one attached hydrogen (secondary N) is 1. The lowest BCUT2D eigenvalue weighted by molar-refractivity contribution is -0.0915. The summed E-state index contributed by atoms with van der Waals surface area (Å²) < 4.78 is 5.83. The predicted molar refractivity (Wildman–Crippen MR) is 59.4 cm³/mol. The quantitative estimate of drug-likeness (QED) is 0.765. The van der Waals surface area contributed by atoms with Crippen LogP contribution in [0.15, 0.2) is 24.4 Å². The van der Waals surface area contributed by atoms with Crippen molar-refractivity contribution < 1.29 is 4.74 Å². The number of pyridine rings is 1. The summed E-state index contributed by atoms with van der Waals surface area (Å²) in [7, 11) is 0. The van der Waals surface area contributed by atoms with Gasteiger partial charge in [0.1, 0.15) is 0 Å². The molecule has 82 valence electrons. The molecule has 1 saturated heterocycles. The predicted octanol–water partition coefficient (Wildman–Crippen LogP) is 2.26. The van der Waals surface area contributed by atoms with Crippen molar-refractivity contribution in [2.45, 2.75) is 45.1 Å². The topological polar surface area (TPSA) is 34.2 Å². The summed E-state index contributed by atoms with van der Waals surface area (Å²) in [5, 5.41) is 3.45. The lowest BCUT2D eigenvalue weighted by Gasteiger charge is -2.40. The molecule has 2 unspecified atom stereocenters. The van der Waals surface area contributed by atoms with Crippen molar-refractivity contribution in [1.29, 1.82) is 0 Å². The van der Waals surface area contributed by atoms with Crippen LogP contribution in [0, 0.1) is 0 Å². The van der Waals surface area contributed by atoms with Gasteiger partial charge in [-0.2, -0.15) is 0 Å². The van der Waals surface area contributed by atoms with Gasteiger partial charge < -0.3 is 4.74 Å². The standard InChI is InChI=1S/C12H18N2O/c1-9-8-12(2,3)14-11(15-9)10-6-4-5-7-13-10/h4-7,9,11,14H,8H2,1-3H3. The van der Waals surface area contributed by atoms with Crippen molar-refractivity contribution in [3.8, 4) is 0 Å². The third-order valence-electron chi connectivity index (χ3n) is 2.64. The van der Waals surface area contributed by atoms with Crippen molar-refractivity contribution in [2.24, 2.45) is 0 Å². The lowest BCUT2D eigenvalue weighted by Crippen LogP contribution is -2.50. The second-order valence-corrected chi connectivity index (χ2v) is 4.81. The minimum Gasteiger partial charge on any atom is -0.354 e. The minimum absolute atomic E-state index is 0.0788. The van der Waals surface area contributed by atoms with Crippen molar-refractivity contribution in [1.82, 2.24) is 10.3 Å². The fourth-order valence-corrected chi connectivity index (χ4v) is 2.12. The van der Waals surface area contributed by atoms with Crippen molar-refractivity contribution in [2.75, 3.05) is 0 Å². The summed E-state index contributed by atoms with van der Waals surface area (Å²) in [6.45, 7) is 6.50. The van der Waals surface area contributed by atoms with E-state index in [-0.39, 0.29) is 17.9 Å². The Hall–Kier alpha value is -0.930. The molecule has 3 nitrogen and oxygen atoms in total. The molecule has 1 aromatic heterocycles. The second kappa shape index (κ2) is 3.91. The van der Waals surface area contributed by atoms with Gasteiger partial charge in [-0.1, -0.05) is 6.07 Å². The van der Waals surface area contributed by atoms with E-state index in [9.17, 15) is 0 Å². The van der Waals surface area contributed by atoms with Crippen LogP contribution < -0.4 is 5.32 Å². The van der Waals surface area contributed by atoms with Crippen LogP contribution in [0.3, 0.4) is 0 Å².